The Morgan fingerprint density at radius 1 is 1.31 bits per heavy atom. The van der Waals surface area contributed by atoms with E-state index in [4.69, 9.17) is 11.6 Å². The first-order valence-electron chi connectivity index (χ1n) is 4.57. The minimum absolute atomic E-state index is 0.179. The Morgan fingerprint density at radius 2 is 2.06 bits per heavy atom. The van der Waals surface area contributed by atoms with Crippen LogP contribution in [0.5, 0.6) is 5.75 Å². The van der Waals surface area contributed by atoms with Crippen molar-refractivity contribution in [1.82, 2.24) is 9.97 Å². The van der Waals surface area contributed by atoms with Crippen LogP contribution >= 0.6 is 27.5 Å². The number of phenols is 1. The van der Waals surface area contributed by atoms with E-state index in [2.05, 4.69) is 25.9 Å². The zero-order valence-corrected chi connectivity index (χ0v) is 10.7. The van der Waals surface area contributed by atoms with Gasteiger partial charge >= 0.3 is 0 Å². The standard InChI is InChI=1S/C11H8BrClN2O/c1-6-9(12)10(13)15-11(14-6)7-3-2-4-8(16)5-7/h2-5,16H,1H3. The summed E-state index contributed by atoms with van der Waals surface area (Å²) < 4.78 is 0.693. The lowest BCUT2D eigenvalue weighted by Gasteiger charge is -2.05. The maximum atomic E-state index is 9.37. The molecule has 0 aliphatic carbocycles. The molecule has 0 unspecified atom stereocenters. The van der Waals surface area contributed by atoms with E-state index in [1.807, 2.05) is 13.0 Å². The molecule has 3 nitrogen and oxygen atoms in total. The van der Waals surface area contributed by atoms with Gasteiger partial charge in [-0.2, -0.15) is 0 Å². The second kappa shape index (κ2) is 4.39. The van der Waals surface area contributed by atoms with E-state index in [9.17, 15) is 5.11 Å². The van der Waals surface area contributed by atoms with E-state index in [1.54, 1.807) is 18.2 Å². The van der Waals surface area contributed by atoms with Crippen molar-refractivity contribution in [3.8, 4) is 17.1 Å². The predicted octanol–water partition coefficient (Wildman–Crippen LogP) is 3.57. The number of aromatic hydroxyl groups is 1. The van der Waals surface area contributed by atoms with Gasteiger partial charge in [0.25, 0.3) is 0 Å². The summed E-state index contributed by atoms with van der Waals surface area (Å²) in [5.74, 6) is 0.680. The molecule has 0 aliphatic heterocycles. The molecule has 16 heavy (non-hydrogen) atoms. The lowest BCUT2D eigenvalue weighted by atomic mass is 10.2. The molecule has 1 aromatic heterocycles. The zero-order chi connectivity index (χ0) is 11.7. The maximum absolute atomic E-state index is 9.37. The molecule has 0 radical (unpaired) electrons. The average Bonchev–Trinajstić information content (AvgIpc) is 2.25. The lowest BCUT2D eigenvalue weighted by Crippen LogP contribution is -1.94. The monoisotopic (exact) mass is 298 g/mol. The average molecular weight is 300 g/mol. The molecule has 0 fully saturated rings. The van der Waals surface area contributed by atoms with Gasteiger partial charge in [0.2, 0.25) is 0 Å². The Bertz CT molecular complexity index is 522. The van der Waals surface area contributed by atoms with Crippen molar-refractivity contribution in [2.45, 2.75) is 6.92 Å². The summed E-state index contributed by atoms with van der Waals surface area (Å²) in [6, 6.07) is 6.74. The summed E-state index contributed by atoms with van der Waals surface area (Å²) in [6.45, 7) is 1.84. The normalized spacial score (nSPS) is 10.4. The number of hydrogen-bond donors (Lipinski definition) is 1. The second-order valence-electron chi connectivity index (χ2n) is 3.29. The van der Waals surface area contributed by atoms with Crippen LogP contribution in [0.1, 0.15) is 5.69 Å². The number of halogens is 2. The van der Waals surface area contributed by atoms with Gasteiger partial charge in [-0.05, 0) is 35.0 Å². The summed E-state index contributed by atoms with van der Waals surface area (Å²) in [4.78, 5) is 8.43. The highest BCUT2D eigenvalue weighted by atomic mass is 79.9. The molecule has 2 rings (SSSR count). The van der Waals surface area contributed by atoms with Crippen molar-refractivity contribution in [2.75, 3.05) is 0 Å². The minimum atomic E-state index is 0.179. The highest BCUT2D eigenvalue weighted by Gasteiger charge is 2.09. The highest BCUT2D eigenvalue weighted by Crippen LogP contribution is 2.27. The topological polar surface area (TPSA) is 46.0 Å². The number of rotatable bonds is 1. The van der Waals surface area contributed by atoms with Crippen molar-refractivity contribution < 1.29 is 5.11 Å². The van der Waals surface area contributed by atoms with Crippen LogP contribution in [0.2, 0.25) is 5.15 Å². The Hall–Kier alpha value is -1.13. The van der Waals surface area contributed by atoms with E-state index in [0.29, 0.717) is 15.5 Å². The van der Waals surface area contributed by atoms with Gasteiger partial charge in [0, 0.05) is 5.56 Å². The minimum Gasteiger partial charge on any atom is -0.508 e. The Balaban J connectivity index is 2.57. The molecule has 0 saturated carbocycles. The third-order valence-corrected chi connectivity index (χ3v) is 3.53. The Morgan fingerprint density at radius 3 is 2.69 bits per heavy atom. The fourth-order valence-corrected chi connectivity index (χ4v) is 1.69. The molecule has 1 aromatic carbocycles. The van der Waals surface area contributed by atoms with E-state index >= 15 is 0 Å². The van der Waals surface area contributed by atoms with Gasteiger partial charge in [0.15, 0.2) is 5.82 Å². The molecule has 1 N–H and O–H groups in total. The van der Waals surface area contributed by atoms with E-state index in [1.165, 1.54) is 0 Å². The van der Waals surface area contributed by atoms with Crippen LogP contribution in [0.4, 0.5) is 0 Å². The summed E-state index contributed by atoms with van der Waals surface area (Å²) in [5.41, 5.74) is 1.50. The first-order chi connectivity index (χ1) is 7.58. The molecule has 0 aliphatic rings. The van der Waals surface area contributed by atoms with Gasteiger partial charge in [0.05, 0.1) is 10.2 Å². The number of aromatic nitrogens is 2. The molecule has 2 aromatic rings. The van der Waals surface area contributed by atoms with Gasteiger partial charge in [-0.15, -0.1) is 0 Å². The van der Waals surface area contributed by atoms with Crippen LogP contribution in [0.15, 0.2) is 28.7 Å². The van der Waals surface area contributed by atoms with Crippen molar-refractivity contribution in [2.24, 2.45) is 0 Å². The second-order valence-corrected chi connectivity index (χ2v) is 4.44. The molecular weight excluding hydrogens is 291 g/mol. The van der Waals surface area contributed by atoms with E-state index < -0.39 is 0 Å². The predicted molar refractivity (Wildman–Crippen MR) is 66.6 cm³/mol. The lowest BCUT2D eigenvalue weighted by molar-refractivity contribution is 0.475. The van der Waals surface area contributed by atoms with Crippen LogP contribution in [0.25, 0.3) is 11.4 Å². The zero-order valence-electron chi connectivity index (χ0n) is 8.41. The smallest absolute Gasteiger partial charge is 0.161 e. The fraction of sp³-hybridized carbons (Fsp3) is 0.0909. The van der Waals surface area contributed by atoms with Gasteiger partial charge in [0.1, 0.15) is 10.9 Å². The molecule has 0 amide bonds. The quantitative estimate of drug-likeness (QED) is 0.819. The van der Waals surface area contributed by atoms with Crippen molar-refractivity contribution in [3.63, 3.8) is 0 Å². The summed E-state index contributed by atoms with van der Waals surface area (Å²) in [7, 11) is 0. The molecule has 1 heterocycles. The van der Waals surface area contributed by atoms with Crippen molar-refractivity contribution in [3.05, 3.63) is 39.6 Å². The van der Waals surface area contributed by atoms with Gasteiger partial charge in [-0.1, -0.05) is 23.7 Å². The van der Waals surface area contributed by atoms with Gasteiger partial charge in [-0.25, -0.2) is 9.97 Å². The third-order valence-electron chi connectivity index (χ3n) is 2.08. The van der Waals surface area contributed by atoms with Crippen LogP contribution in [-0.2, 0) is 0 Å². The summed E-state index contributed by atoms with van der Waals surface area (Å²) in [6.07, 6.45) is 0. The molecule has 0 bridgehead atoms. The van der Waals surface area contributed by atoms with E-state index in [0.717, 1.165) is 11.3 Å². The SMILES string of the molecule is Cc1nc(-c2cccc(O)c2)nc(Cl)c1Br. The Labute approximate surface area is 106 Å². The summed E-state index contributed by atoms with van der Waals surface area (Å²) >= 11 is 9.24. The Kier molecular flexibility index (Phi) is 3.12. The molecule has 82 valence electrons. The third kappa shape index (κ3) is 2.18. The number of hydrogen-bond acceptors (Lipinski definition) is 3. The number of aryl methyl sites for hydroxylation is 1. The molecule has 5 heteroatoms. The number of benzene rings is 1. The fourth-order valence-electron chi connectivity index (χ4n) is 1.30. The molecule has 0 saturated heterocycles. The first-order valence-corrected chi connectivity index (χ1v) is 5.74. The van der Waals surface area contributed by atoms with E-state index in [-0.39, 0.29) is 5.75 Å². The highest BCUT2D eigenvalue weighted by molar-refractivity contribution is 9.10. The summed E-state index contributed by atoms with van der Waals surface area (Å²) in [5, 5.41) is 9.74. The van der Waals surface area contributed by atoms with Crippen LogP contribution in [-0.4, -0.2) is 15.1 Å². The molecular formula is C11H8BrClN2O. The molecule has 0 spiro atoms. The largest absolute Gasteiger partial charge is 0.508 e. The number of phenolic OH excluding ortho intramolecular Hbond substituents is 1. The van der Waals surface area contributed by atoms with Crippen LogP contribution in [0.3, 0.4) is 0 Å². The van der Waals surface area contributed by atoms with Gasteiger partial charge in [-0.3, -0.25) is 0 Å². The maximum Gasteiger partial charge on any atom is 0.161 e. The van der Waals surface area contributed by atoms with Crippen LogP contribution < -0.4 is 0 Å². The van der Waals surface area contributed by atoms with Gasteiger partial charge < -0.3 is 5.11 Å². The van der Waals surface area contributed by atoms with Crippen molar-refractivity contribution in [1.29, 1.82) is 0 Å². The molecule has 0 atom stereocenters. The van der Waals surface area contributed by atoms with Crippen LogP contribution in [0, 0.1) is 6.92 Å². The number of nitrogens with zero attached hydrogens (tertiary/aromatic N) is 2. The first kappa shape index (κ1) is 11.4. The van der Waals surface area contributed by atoms with Crippen molar-refractivity contribution >= 4 is 27.5 Å².